The summed E-state index contributed by atoms with van der Waals surface area (Å²) in [5.41, 5.74) is 2.85. The molecule has 1 aromatic carbocycles. The minimum Gasteiger partial charge on any atom is -0.464 e. The molecule has 1 aromatic heterocycles. The van der Waals surface area contributed by atoms with Crippen molar-refractivity contribution in [2.45, 2.75) is 38.0 Å². The molecule has 3 rings (SSSR count). The van der Waals surface area contributed by atoms with Crippen LogP contribution in [0.1, 0.15) is 42.7 Å². The van der Waals surface area contributed by atoms with Gasteiger partial charge in [0.15, 0.2) is 0 Å². The standard InChI is InChI=1S/C20H26N2O4/c1-21-9-3-11-25-10-2-4-14-5-7-18-16(12-14)17(13-26-18)15-6-8-19(23)22-20(15)24/h5,7,12-13,15,21H,2-4,6,8-11H2,1H3,(H,22,23,24). The lowest BCUT2D eigenvalue weighted by Gasteiger charge is -2.19. The van der Waals surface area contributed by atoms with Crippen LogP contribution in [-0.2, 0) is 20.7 Å². The predicted molar refractivity (Wildman–Crippen MR) is 99.0 cm³/mol. The van der Waals surface area contributed by atoms with Crippen LogP contribution in [0.4, 0.5) is 0 Å². The molecule has 1 aliphatic rings. The third kappa shape index (κ3) is 4.51. The first-order valence-corrected chi connectivity index (χ1v) is 9.25. The van der Waals surface area contributed by atoms with Gasteiger partial charge in [0.2, 0.25) is 11.8 Å². The summed E-state index contributed by atoms with van der Waals surface area (Å²) in [6.07, 6.45) is 5.45. The molecule has 26 heavy (non-hydrogen) atoms. The van der Waals surface area contributed by atoms with Gasteiger partial charge in [-0.05, 0) is 57.0 Å². The van der Waals surface area contributed by atoms with Crippen LogP contribution in [0.15, 0.2) is 28.9 Å². The van der Waals surface area contributed by atoms with Crippen LogP contribution in [0.5, 0.6) is 0 Å². The lowest BCUT2D eigenvalue weighted by molar-refractivity contribution is -0.134. The first kappa shape index (κ1) is 18.6. The third-order valence-corrected chi connectivity index (χ3v) is 4.75. The van der Waals surface area contributed by atoms with Gasteiger partial charge in [0.1, 0.15) is 5.58 Å². The van der Waals surface area contributed by atoms with Gasteiger partial charge in [-0.1, -0.05) is 6.07 Å². The van der Waals surface area contributed by atoms with Crippen molar-refractivity contribution in [3.8, 4) is 0 Å². The van der Waals surface area contributed by atoms with E-state index < -0.39 is 0 Å². The van der Waals surface area contributed by atoms with Crippen LogP contribution in [0.2, 0.25) is 0 Å². The van der Waals surface area contributed by atoms with E-state index in [0.29, 0.717) is 12.8 Å². The first-order chi connectivity index (χ1) is 12.7. The van der Waals surface area contributed by atoms with E-state index in [1.165, 1.54) is 5.56 Å². The minimum atomic E-state index is -0.320. The Morgan fingerprint density at radius 2 is 2.12 bits per heavy atom. The molecule has 2 aromatic rings. The number of hydrogen-bond acceptors (Lipinski definition) is 5. The van der Waals surface area contributed by atoms with Gasteiger partial charge in [0.05, 0.1) is 12.2 Å². The van der Waals surface area contributed by atoms with E-state index in [-0.39, 0.29) is 17.7 Å². The Bertz CT molecular complexity index is 768. The second-order valence-corrected chi connectivity index (χ2v) is 6.70. The average Bonchev–Trinajstić information content (AvgIpc) is 3.04. The van der Waals surface area contributed by atoms with E-state index >= 15 is 0 Å². The summed E-state index contributed by atoms with van der Waals surface area (Å²) >= 11 is 0. The summed E-state index contributed by atoms with van der Waals surface area (Å²) in [5, 5.41) is 6.48. The monoisotopic (exact) mass is 358 g/mol. The van der Waals surface area contributed by atoms with Crippen LogP contribution < -0.4 is 10.6 Å². The Morgan fingerprint density at radius 3 is 2.92 bits per heavy atom. The molecule has 1 unspecified atom stereocenters. The molecule has 0 bridgehead atoms. The molecule has 0 saturated carbocycles. The number of imide groups is 1. The number of amides is 2. The van der Waals surface area contributed by atoms with E-state index in [1.54, 1.807) is 6.26 Å². The van der Waals surface area contributed by atoms with E-state index in [4.69, 9.17) is 9.15 Å². The number of benzene rings is 1. The van der Waals surface area contributed by atoms with E-state index in [9.17, 15) is 9.59 Å². The second-order valence-electron chi connectivity index (χ2n) is 6.70. The normalized spacial score (nSPS) is 17.7. The van der Waals surface area contributed by atoms with Crippen LogP contribution >= 0.6 is 0 Å². The summed E-state index contributed by atoms with van der Waals surface area (Å²) in [6.45, 7) is 2.49. The second kappa shape index (κ2) is 8.96. The van der Waals surface area contributed by atoms with Crippen molar-refractivity contribution in [1.29, 1.82) is 0 Å². The smallest absolute Gasteiger partial charge is 0.234 e. The van der Waals surface area contributed by atoms with E-state index in [0.717, 1.165) is 55.6 Å². The number of fused-ring (bicyclic) bond motifs is 1. The largest absolute Gasteiger partial charge is 0.464 e. The Hall–Kier alpha value is -2.18. The molecule has 6 nitrogen and oxygen atoms in total. The zero-order chi connectivity index (χ0) is 18.4. The third-order valence-electron chi connectivity index (χ3n) is 4.75. The molecule has 0 spiro atoms. The molecule has 0 radical (unpaired) electrons. The van der Waals surface area contributed by atoms with E-state index in [2.05, 4.69) is 22.8 Å². The molecular weight excluding hydrogens is 332 g/mol. The van der Waals surface area contributed by atoms with Gasteiger partial charge < -0.3 is 14.5 Å². The number of piperidine rings is 1. The van der Waals surface area contributed by atoms with Crippen molar-refractivity contribution in [2.75, 3.05) is 26.8 Å². The van der Waals surface area contributed by atoms with Crippen molar-refractivity contribution < 1.29 is 18.7 Å². The fourth-order valence-electron chi connectivity index (χ4n) is 3.34. The topological polar surface area (TPSA) is 80.6 Å². The maximum Gasteiger partial charge on any atom is 0.234 e. The molecule has 1 fully saturated rings. The van der Waals surface area contributed by atoms with Gasteiger partial charge in [-0.25, -0.2) is 0 Å². The molecule has 1 aliphatic heterocycles. The van der Waals surface area contributed by atoms with Crippen LogP contribution in [0.3, 0.4) is 0 Å². The minimum absolute atomic E-state index is 0.200. The molecule has 2 N–H and O–H groups in total. The lowest BCUT2D eigenvalue weighted by atomic mass is 9.90. The van der Waals surface area contributed by atoms with Crippen molar-refractivity contribution in [3.63, 3.8) is 0 Å². The number of ether oxygens (including phenoxy) is 1. The number of rotatable bonds is 9. The Kier molecular flexibility index (Phi) is 6.41. The molecule has 140 valence electrons. The van der Waals surface area contributed by atoms with Crippen LogP contribution in [0, 0.1) is 0 Å². The fourth-order valence-corrected chi connectivity index (χ4v) is 3.34. The van der Waals surface area contributed by atoms with Crippen molar-refractivity contribution >= 4 is 22.8 Å². The molecule has 1 saturated heterocycles. The summed E-state index contributed by atoms with van der Waals surface area (Å²) in [4.78, 5) is 23.5. The molecule has 6 heteroatoms. The number of carbonyl (C=O) groups excluding carboxylic acids is 2. The number of furan rings is 1. The van der Waals surface area contributed by atoms with Gasteiger partial charge >= 0.3 is 0 Å². The number of carbonyl (C=O) groups is 2. The van der Waals surface area contributed by atoms with Crippen molar-refractivity contribution in [3.05, 3.63) is 35.6 Å². The Balaban J connectivity index is 1.61. The number of hydrogen-bond donors (Lipinski definition) is 2. The van der Waals surface area contributed by atoms with Gasteiger partial charge in [-0.15, -0.1) is 0 Å². The van der Waals surface area contributed by atoms with Gasteiger partial charge in [0.25, 0.3) is 0 Å². The summed E-state index contributed by atoms with van der Waals surface area (Å²) in [6, 6.07) is 6.10. The van der Waals surface area contributed by atoms with Crippen LogP contribution in [0.25, 0.3) is 11.0 Å². The zero-order valence-electron chi connectivity index (χ0n) is 15.2. The maximum atomic E-state index is 12.2. The maximum absolute atomic E-state index is 12.2. The summed E-state index contributed by atoms with van der Waals surface area (Å²) in [5.74, 6) is -0.751. The van der Waals surface area contributed by atoms with Gasteiger partial charge in [-0.3, -0.25) is 14.9 Å². The quantitative estimate of drug-likeness (QED) is 0.532. The number of aryl methyl sites for hydroxylation is 1. The predicted octanol–water partition coefficient (Wildman–Crippen LogP) is 2.51. The average molecular weight is 358 g/mol. The van der Waals surface area contributed by atoms with Gasteiger partial charge in [0, 0.05) is 30.6 Å². The van der Waals surface area contributed by atoms with Gasteiger partial charge in [-0.2, -0.15) is 0 Å². The van der Waals surface area contributed by atoms with Crippen LogP contribution in [-0.4, -0.2) is 38.6 Å². The molecule has 0 aliphatic carbocycles. The first-order valence-electron chi connectivity index (χ1n) is 9.25. The highest BCUT2D eigenvalue weighted by Gasteiger charge is 2.30. The zero-order valence-corrected chi connectivity index (χ0v) is 15.2. The molecular formula is C20H26N2O4. The molecule has 2 amide bonds. The molecule has 2 heterocycles. The number of nitrogens with one attached hydrogen (secondary N) is 2. The SMILES string of the molecule is CNCCCOCCCc1ccc2occ(C3CCC(=O)NC3=O)c2c1. The highest BCUT2D eigenvalue weighted by molar-refractivity contribution is 6.02. The fraction of sp³-hybridized carbons (Fsp3) is 0.500. The van der Waals surface area contributed by atoms with E-state index in [1.807, 2.05) is 13.1 Å². The highest BCUT2D eigenvalue weighted by Crippen LogP contribution is 2.33. The van der Waals surface area contributed by atoms with Crippen molar-refractivity contribution in [2.24, 2.45) is 0 Å². The summed E-state index contributed by atoms with van der Waals surface area (Å²) in [7, 11) is 1.94. The Morgan fingerprint density at radius 1 is 1.27 bits per heavy atom. The van der Waals surface area contributed by atoms with Crippen molar-refractivity contribution in [1.82, 2.24) is 10.6 Å². The summed E-state index contributed by atoms with van der Waals surface area (Å²) < 4.78 is 11.2. The Labute approximate surface area is 153 Å². The highest BCUT2D eigenvalue weighted by atomic mass is 16.5. The lowest BCUT2D eigenvalue weighted by Crippen LogP contribution is -2.39. The molecule has 1 atom stereocenters.